The molecule has 1 heterocycles. The Kier molecular flexibility index (Phi) is 5.59. The first-order valence-corrected chi connectivity index (χ1v) is 8.15. The Bertz CT molecular complexity index is 615. The van der Waals surface area contributed by atoms with E-state index in [1.165, 1.54) is 0 Å². The Balaban J connectivity index is 1.90. The summed E-state index contributed by atoms with van der Waals surface area (Å²) in [5.74, 6) is -0.545. The molecule has 3 amide bonds. The second-order valence-electron chi connectivity index (χ2n) is 6.73. The van der Waals surface area contributed by atoms with Gasteiger partial charge in [-0.15, -0.1) is 0 Å². The number of hydrogen-bond donors (Lipinski definition) is 1. The fourth-order valence-electron chi connectivity index (χ4n) is 2.55. The lowest BCUT2D eigenvalue weighted by molar-refractivity contribution is -0.148. The van der Waals surface area contributed by atoms with E-state index in [2.05, 4.69) is 19.2 Å². The standard InChI is InChI=1S/C18H24N2O4/c1-13(2)9-10-18(3)16(22)20(17(23)19-18)11-15(21)24-12-14-7-5-4-6-8-14/h4-8,13H,9-12H2,1-3H3,(H,19,23)/t18-/m1/s1. The van der Waals surface area contributed by atoms with Gasteiger partial charge in [0, 0.05) is 0 Å². The summed E-state index contributed by atoms with van der Waals surface area (Å²) in [4.78, 5) is 37.4. The Morgan fingerprint density at radius 3 is 2.54 bits per heavy atom. The highest BCUT2D eigenvalue weighted by Gasteiger charge is 2.48. The topological polar surface area (TPSA) is 75.7 Å². The molecule has 1 atom stereocenters. The molecule has 0 unspecified atom stereocenters. The molecule has 1 N–H and O–H groups in total. The molecule has 2 rings (SSSR count). The van der Waals surface area contributed by atoms with Crippen molar-refractivity contribution in [3.05, 3.63) is 35.9 Å². The molecule has 1 fully saturated rings. The zero-order chi connectivity index (χ0) is 17.7. The fourth-order valence-corrected chi connectivity index (χ4v) is 2.55. The van der Waals surface area contributed by atoms with Gasteiger partial charge in [-0.05, 0) is 31.2 Å². The van der Waals surface area contributed by atoms with Crippen LogP contribution in [-0.4, -0.2) is 34.9 Å². The van der Waals surface area contributed by atoms with Gasteiger partial charge in [0.2, 0.25) is 0 Å². The molecular formula is C18H24N2O4. The lowest BCUT2D eigenvalue weighted by atomic mass is 9.92. The summed E-state index contributed by atoms with van der Waals surface area (Å²) in [6, 6.07) is 8.70. The number of benzene rings is 1. The molecule has 6 heteroatoms. The van der Waals surface area contributed by atoms with Crippen molar-refractivity contribution in [2.75, 3.05) is 6.54 Å². The Morgan fingerprint density at radius 2 is 1.92 bits per heavy atom. The minimum Gasteiger partial charge on any atom is -0.459 e. The van der Waals surface area contributed by atoms with E-state index in [1.807, 2.05) is 30.3 Å². The van der Waals surface area contributed by atoms with Gasteiger partial charge in [-0.1, -0.05) is 44.2 Å². The van der Waals surface area contributed by atoms with E-state index in [1.54, 1.807) is 6.92 Å². The fraction of sp³-hybridized carbons (Fsp3) is 0.500. The van der Waals surface area contributed by atoms with E-state index in [9.17, 15) is 14.4 Å². The number of ether oxygens (including phenoxy) is 1. The molecule has 24 heavy (non-hydrogen) atoms. The van der Waals surface area contributed by atoms with E-state index < -0.39 is 17.5 Å². The number of esters is 1. The number of rotatable bonds is 7. The van der Waals surface area contributed by atoms with Gasteiger partial charge >= 0.3 is 12.0 Å². The van der Waals surface area contributed by atoms with Crippen LogP contribution in [0.1, 0.15) is 39.2 Å². The van der Waals surface area contributed by atoms with Crippen LogP contribution in [0.15, 0.2) is 30.3 Å². The smallest absolute Gasteiger partial charge is 0.326 e. The highest BCUT2D eigenvalue weighted by atomic mass is 16.5. The summed E-state index contributed by atoms with van der Waals surface area (Å²) >= 11 is 0. The van der Waals surface area contributed by atoms with Crippen molar-refractivity contribution >= 4 is 17.9 Å². The number of urea groups is 1. The second kappa shape index (κ2) is 7.47. The first-order valence-electron chi connectivity index (χ1n) is 8.15. The number of hydrogen-bond acceptors (Lipinski definition) is 4. The molecule has 1 aromatic carbocycles. The Labute approximate surface area is 142 Å². The third kappa shape index (κ3) is 4.34. The summed E-state index contributed by atoms with van der Waals surface area (Å²) in [6.07, 6.45) is 1.36. The largest absolute Gasteiger partial charge is 0.459 e. The Hall–Kier alpha value is -2.37. The molecule has 1 saturated heterocycles. The van der Waals surface area contributed by atoms with Gasteiger partial charge in [-0.3, -0.25) is 14.5 Å². The first-order chi connectivity index (χ1) is 11.3. The maximum Gasteiger partial charge on any atom is 0.326 e. The summed E-state index contributed by atoms with van der Waals surface area (Å²) in [5.41, 5.74) is -0.0917. The van der Waals surface area contributed by atoms with Crippen LogP contribution < -0.4 is 5.32 Å². The quantitative estimate of drug-likeness (QED) is 0.615. The van der Waals surface area contributed by atoms with Gasteiger partial charge in [0.1, 0.15) is 18.7 Å². The number of nitrogens with zero attached hydrogens (tertiary/aromatic N) is 1. The molecule has 0 radical (unpaired) electrons. The second-order valence-corrected chi connectivity index (χ2v) is 6.73. The SMILES string of the molecule is CC(C)CC[C@@]1(C)NC(=O)N(CC(=O)OCc2ccccc2)C1=O. The van der Waals surface area contributed by atoms with Crippen molar-refractivity contribution in [1.82, 2.24) is 10.2 Å². The molecule has 1 aromatic rings. The van der Waals surface area contributed by atoms with Gasteiger partial charge < -0.3 is 10.1 Å². The van der Waals surface area contributed by atoms with Crippen molar-refractivity contribution in [3.63, 3.8) is 0 Å². The van der Waals surface area contributed by atoms with Crippen molar-refractivity contribution < 1.29 is 19.1 Å². The van der Waals surface area contributed by atoms with Crippen LogP contribution in [0.4, 0.5) is 4.79 Å². The number of carbonyl (C=O) groups is 3. The van der Waals surface area contributed by atoms with Gasteiger partial charge in [0.05, 0.1) is 0 Å². The lowest BCUT2D eigenvalue weighted by Gasteiger charge is -2.22. The average molecular weight is 332 g/mol. The summed E-state index contributed by atoms with van der Waals surface area (Å²) in [7, 11) is 0. The number of amides is 3. The first kappa shape index (κ1) is 18.0. The summed E-state index contributed by atoms with van der Waals surface area (Å²) in [5, 5.41) is 2.69. The molecule has 0 saturated carbocycles. The molecule has 0 spiro atoms. The van der Waals surface area contributed by atoms with Crippen LogP contribution in [0.2, 0.25) is 0 Å². The normalized spacial score (nSPS) is 20.4. The van der Waals surface area contributed by atoms with E-state index in [-0.39, 0.29) is 19.1 Å². The zero-order valence-electron chi connectivity index (χ0n) is 14.4. The molecule has 0 bridgehead atoms. The Morgan fingerprint density at radius 1 is 1.25 bits per heavy atom. The van der Waals surface area contributed by atoms with Gasteiger partial charge in [0.25, 0.3) is 5.91 Å². The van der Waals surface area contributed by atoms with Crippen LogP contribution in [0.25, 0.3) is 0 Å². The van der Waals surface area contributed by atoms with Crippen LogP contribution >= 0.6 is 0 Å². The number of carbonyl (C=O) groups excluding carboxylic acids is 3. The van der Waals surface area contributed by atoms with Crippen molar-refractivity contribution in [1.29, 1.82) is 0 Å². The highest BCUT2D eigenvalue weighted by molar-refractivity contribution is 6.08. The van der Waals surface area contributed by atoms with E-state index in [0.29, 0.717) is 12.3 Å². The minimum atomic E-state index is -0.943. The average Bonchev–Trinajstić information content (AvgIpc) is 2.76. The van der Waals surface area contributed by atoms with Crippen LogP contribution in [0.3, 0.4) is 0 Å². The molecule has 1 aliphatic rings. The van der Waals surface area contributed by atoms with Crippen molar-refractivity contribution in [2.45, 2.75) is 45.8 Å². The maximum absolute atomic E-state index is 12.5. The third-order valence-corrected chi connectivity index (χ3v) is 4.10. The van der Waals surface area contributed by atoms with E-state index >= 15 is 0 Å². The van der Waals surface area contributed by atoms with E-state index in [0.717, 1.165) is 16.9 Å². The third-order valence-electron chi connectivity index (χ3n) is 4.10. The molecule has 130 valence electrons. The predicted molar refractivity (Wildman–Crippen MR) is 89.0 cm³/mol. The van der Waals surface area contributed by atoms with E-state index in [4.69, 9.17) is 4.74 Å². The van der Waals surface area contributed by atoms with Gasteiger partial charge in [0.15, 0.2) is 0 Å². The molecule has 6 nitrogen and oxygen atoms in total. The number of imide groups is 1. The molecule has 0 aliphatic carbocycles. The van der Waals surface area contributed by atoms with Crippen molar-refractivity contribution in [2.24, 2.45) is 5.92 Å². The molecular weight excluding hydrogens is 308 g/mol. The number of nitrogens with one attached hydrogen (secondary N) is 1. The zero-order valence-corrected chi connectivity index (χ0v) is 14.4. The van der Waals surface area contributed by atoms with Crippen LogP contribution in [0.5, 0.6) is 0 Å². The maximum atomic E-state index is 12.5. The van der Waals surface area contributed by atoms with Crippen LogP contribution in [0, 0.1) is 5.92 Å². The summed E-state index contributed by atoms with van der Waals surface area (Å²) < 4.78 is 5.14. The van der Waals surface area contributed by atoms with Crippen molar-refractivity contribution in [3.8, 4) is 0 Å². The minimum absolute atomic E-state index is 0.119. The van der Waals surface area contributed by atoms with Gasteiger partial charge in [-0.2, -0.15) is 0 Å². The highest BCUT2D eigenvalue weighted by Crippen LogP contribution is 2.24. The lowest BCUT2D eigenvalue weighted by Crippen LogP contribution is -2.44. The summed E-state index contributed by atoms with van der Waals surface area (Å²) in [6.45, 7) is 5.57. The molecule has 1 aliphatic heterocycles. The molecule has 0 aromatic heterocycles. The van der Waals surface area contributed by atoms with Crippen LogP contribution in [-0.2, 0) is 20.9 Å². The monoisotopic (exact) mass is 332 g/mol. The van der Waals surface area contributed by atoms with Gasteiger partial charge in [-0.25, -0.2) is 4.79 Å². The predicted octanol–water partition coefficient (Wildman–Crippen LogP) is 2.48.